The number of hydrogen-bond donors (Lipinski definition) is 1. The zero-order chi connectivity index (χ0) is 19.4. The molecule has 0 fully saturated rings. The Balaban J connectivity index is 2.04. The van der Waals surface area contributed by atoms with Gasteiger partial charge in [-0.25, -0.2) is 0 Å². The van der Waals surface area contributed by atoms with E-state index >= 15 is 0 Å². The highest BCUT2D eigenvalue weighted by molar-refractivity contribution is 6.32. The first kappa shape index (κ1) is 18.6. The predicted molar refractivity (Wildman–Crippen MR) is 105 cm³/mol. The summed E-state index contributed by atoms with van der Waals surface area (Å²) in [6.07, 6.45) is 3.11. The number of ether oxygens (including phenoxy) is 2. The number of methoxy groups -OCH3 is 1. The lowest BCUT2D eigenvalue weighted by Gasteiger charge is -2.12. The van der Waals surface area contributed by atoms with Gasteiger partial charge >= 0.3 is 0 Å². The molecule has 2 aromatic carbocycles. The third-order valence-corrected chi connectivity index (χ3v) is 4.33. The molecule has 0 atom stereocenters. The van der Waals surface area contributed by atoms with Crippen molar-refractivity contribution in [2.45, 2.75) is 6.92 Å². The molecule has 0 saturated heterocycles. The van der Waals surface area contributed by atoms with Gasteiger partial charge in [-0.1, -0.05) is 29.8 Å². The van der Waals surface area contributed by atoms with Gasteiger partial charge in [-0.05, 0) is 36.8 Å². The Kier molecular flexibility index (Phi) is 5.49. The molecule has 0 unspecified atom stereocenters. The molecule has 136 valence electrons. The fraction of sp³-hybridized carbons (Fsp3) is 0.143. The molecule has 0 aliphatic rings. The van der Waals surface area contributed by atoms with Crippen LogP contribution in [-0.2, 0) is 0 Å². The van der Waals surface area contributed by atoms with Crippen molar-refractivity contribution in [3.8, 4) is 17.6 Å². The molecule has 0 aliphatic carbocycles. The third-order valence-electron chi connectivity index (χ3n) is 4.05. The van der Waals surface area contributed by atoms with Crippen molar-refractivity contribution < 1.29 is 14.3 Å². The zero-order valence-corrected chi connectivity index (χ0v) is 15.6. The molecule has 0 amide bonds. The number of carbonyl (C=O) groups excluding carboxylic acids is 1. The number of benzene rings is 2. The number of carbonyl (C=O) groups is 1. The average Bonchev–Trinajstić information content (AvgIpc) is 3.10. The van der Waals surface area contributed by atoms with Crippen LogP contribution in [0.1, 0.15) is 22.8 Å². The Morgan fingerprint density at radius 2 is 2.11 bits per heavy atom. The second kappa shape index (κ2) is 7.98. The van der Waals surface area contributed by atoms with Gasteiger partial charge in [-0.2, -0.15) is 5.26 Å². The minimum atomic E-state index is -0.361. The number of aromatic amines is 1. The number of aromatic nitrogens is 1. The summed E-state index contributed by atoms with van der Waals surface area (Å²) in [5.41, 5.74) is 1.87. The van der Waals surface area contributed by atoms with E-state index in [1.54, 1.807) is 18.3 Å². The lowest BCUT2D eigenvalue weighted by Crippen LogP contribution is -2.01. The fourth-order valence-corrected chi connectivity index (χ4v) is 3.15. The summed E-state index contributed by atoms with van der Waals surface area (Å²) in [7, 11) is 1.50. The molecule has 0 aliphatic heterocycles. The molecule has 0 spiro atoms. The van der Waals surface area contributed by atoms with E-state index in [-0.39, 0.29) is 11.4 Å². The molecular formula is C21H17ClN2O3. The maximum Gasteiger partial charge on any atom is 0.205 e. The molecule has 1 N–H and O–H groups in total. The number of nitriles is 1. The molecule has 0 radical (unpaired) electrons. The molecule has 0 bridgehead atoms. The molecule has 0 saturated carbocycles. The van der Waals surface area contributed by atoms with Crippen LogP contribution < -0.4 is 9.47 Å². The standard InChI is InChI=1S/C21H17ClN2O3/c1-3-27-19-10-13(9-17(22)21(19)26-2)8-14(11-23)20(25)16-12-24-18-7-5-4-6-15(16)18/h4-10,12,24H,3H2,1-2H3/b14-8+. The first-order valence-electron chi connectivity index (χ1n) is 8.32. The van der Waals surface area contributed by atoms with E-state index in [2.05, 4.69) is 4.98 Å². The molecule has 6 heteroatoms. The Morgan fingerprint density at radius 3 is 2.81 bits per heavy atom. The number of para-hydroxylation sites is 1. The molecule has 27 heavy (non-hydrogen) atoms. The maximum absolute atomic E-state index is 12.9. The summed E-state index contributed by atoms with van der Waals surface area (Å²) in [5, 5.41) is 10.6. The first-order valence-corrected chi connectivity index (χ1v) is 8.69. The Bertz CT molecular complexity index is 1080. The second-order valence-corrected chi connectivity index (χ2v) is 6.12. The van der Waals surface area contributed by atoms with Crippen molar-refractivity contribution >= 4 is 34.4 Å². The van der Waals surface area contributed by atoms with Crippen LogP contribution >= 0.6 is 11.6 Å². The van der Waals surface area contributed by atoms with Gasteiger partial charge < -0.3 is 14.5 Å². The summed E-state index contributed by atoms with van der Waals surface area (Å²) < 4.78 is 10.8. The fourth-order valence-electron chi connectivity index (χ4n) is 2.85. The number of rotatable bonds is 6. The first-order chi connectivity index (χ1) is 13.1. The van der Waals surface area contributed by atoms with E-state index in [1.807, 2.05) is 37.3 Å². The van der Waals surface area contributed by atoms with Gasteiger partial charge in [-0.3, -0.25) is 4.79 Å². The van der Waals surface area contributed by atoms with E-state index in [0.717, 1.165) is 10.9 Å². The topological polar surface area (TPSA) is 75.1 Å². The van der Waals surface area contributed by atoms with Gasteiger partial charge in [0.1, 0.15) is 11.6 Å². The molecular weight excluding hydrogens is 364 g/mol. The highest BCUT2D eigenvalue weighted by Gasteiger charge is 2.17. The number of H-pyrrole nitrogens is 1. The number of allylic oxidation sites excluding steroid dienone is 1. The molecule has 5 nitrogen and oxygen atoms in total. The van der Waals surface area contributed by atoms with Gasteiger partial charge in [0.25, 0.3) is 0 Å². The largest absolute Gasteiger partial charge is 0.491 e. The molecule has 3 aromatic rings. The molecule has 3 rings (SSSR count). The van der Waals surface area contributed by atoms with Crippen molar-refractivity contribution in [2.75, 3.05) is 13.7 Å². The van der Waals surface area contributed by atoms with Crippen molar-refractivity contribution in [3.05, 3.63) is 64.3 Å². The summed E-state index contributed by atoms with van der Waals surface area (Å²) in [4.78, 5) is 15.9. The van der Waals surface area contributed by atoms with Gasteiger partial charge in [0.15, 0.2) is 11.5 Å². The monoisotopic (exact) mass is 380 g/mol. The number of ketones is 1. The van der Waals surface area contributed by atoms with Crippen molar-refractivity contribution in [1.29, 1.82) is 5.26 Å². The number of nitrogens with one attached hydrogen (secondary N) is 1. The number of halogens is 1. The van der Waals surface area contributed by atoms with Gasteiger partial charge in [0, 0.05) is 22.7 Å². The van der Waals surface area contributed by atoms with Crippen LogP contribution in [0.2, 0.25) is 5.02 Å². The maximum atomic E-state index is 12.9. The van der Waals surface area contributed by atoms with Crippen LogP contribution in [0.5, 0.6) is 11.5 Å². The molecule has 1 aromatic heterocycles. The normalized spacial score (nSPS) is 11.3. The third kappa shape index (κ3) is 3.67. The number of hydrogen-bond acceptors (Lipinski definition) is 4. The number of Topliss-reactive ketones (excluding diaryl/α,β-unsaturated/α-hetero) is 1. The Hall–Kier alpha value is -3.23. The predicted octanol–water partition coefficient (Wildman–Crippen LogP) is 5.02. The van der Waals surface area contributed by atoms with E-state index < -0.39 is 0 Å². The highest BCUT2D eigenvalue weighted by atomic mass is 35.5. The van der Waals surface area contributed by atoms with E-state index in [4.69, 9.17) is 21.1 Å². The van der Waals surface area contributed by atoms with Crippen molar-refractivity contribution in [2.24, 2.45) is 0 Å². The minimum absolute atomic E-state index is 0.00318. The summed E-state index contributed by atoms with van der Waals surface area (Å²) in [5.74, 6) is 0.507. The van der Waals surface area contributed by atoms with Crippen molar-refractivity contribution in [1.82, 2.24) is 4.98 Å². The lowest BCUT2D eigenvalue weighted by atomic mass is 10.0. The Labute approximate surface area is 161 Å². The van der Waals surface area contributed by atoms with Gasteiger partial charge in [0.2, 0.25) is 5.78 Å². The van der Waals surface area contributed by atoms with Gasteiger partial charge in [-0.15, -0.1) is 0 Å². The zero-order valence-electron chi connectivity index (χ0n) is 14.9. The van der Waals surface area contributed by atoms with Crippen LogP contribution in [0.3, 0.4) is 0 Å². The average molecular weight is 381 g/mol. The quantitative estimate of drug-likeness (QED) is 0.370. The van der Waals surface area contributed by atoms with Crippen LogP contribution in [0.25, 0.3) is 17.0 Å². The van der Waals surface area contributed by atoms with Crippen LogP contribution in [0.15, 0.2) is 48.2 Å². The highest BCUT2D eigenvalue weighted by Crippen LogP contribution is 2.37. The number of fused-ring (bicyclic) bond motifs is 1. The lowest BCUT2D eigenvalue weighted by molar-refractivity contribution is 0.104. The Morgan fingerprint density at radius 1 is 1.33 bits per heavy atom. The SMILES string of the molecule is CCOc1cc(/C=C(\C#N)C(=O)c2c[nH]c3ccccc23)cc(Cl)c1OC. The van der Waals surface area contributed by atoms with E-state index in [0.29, 0.717) is 34.3 Å². The second-order valence-electron chi connectivity index (χ2n) is 5.71. The minimum Gasteiger partial charge on any atom is -0.491 e. The number of nitrogens with zero attached hydrogens (tertiary/aromatic N) is 1. The van der Waals surface area contributed by atoms with Gasteiger partial charge in [0.05, 0.1) is 18.7 Å². The molecule has 1 heterocycles. The summed E-state index contributed by atoms with van der Waals surface area (Å²) in [6.45, 7) is 2.27. The van der Waals surface area contributed by atoms with Crippen LogP contribution in [-0.4, -0.2) is 24.5 Å². The summed E-state index contributed by atoms with van der Waals surface area (Å²) >= 11 is 6.25. The smallest absolute Gasteiger partial charge is 0.205 e. The van der Waals surface area contributed by atoms with Crippen LogP contribution in [0.4, 0.5) is 0 Å². The van der Waals surface area contributed by atoms with Crippen molar-refractivity contribution in [3.63, 3.8) is 0 Å². The summed E-state index contributed by atoms with van der Waals surface area (Å²) in [6, 6.07) is 12.7. The van der Waals surface area contributed by atoms with E-state index in [9.17, 15) is 10.1 Å². The van der Waals surface area contributed by atoms with E-state index in [1.165, 1.54) is 13.2 Å². The van der Waals surface area contributed by atoms with Crippen LogP contribution in [0, 0.1) is 11.3 Å².